The summed E-state index contributed by atoms with van der Waals surface area (Å²) in [4.78, 5) is 2.06. The van der Waals surface area contributed by atoms with Crippen molar-refractivity contribution >= 4 is 11.4 Å². The third-order valence-electron chi connectivity index (χ3n) is 2.40. The molecule has 0 unspecified atom stereocenters. The number of nitrogens with two attached hydrogens (primary N) is 1. The van der Waals surface area contributed by atoms with Crippen molar-refractivity contribution in [2.24, 2.45) is 0 Å². The Bertz CT molecular complexity index is 322. The molecular weight excluding hydrogens is 207 g/mol. The van der Waals surface area contributed by atoms with Crippen LogP contribution >= 0.6 is 0 Å². The van der Waals surface area contributed by atoms with Gasteiger partial charge in [0.15, 0.2) is 0 Å². The zero-order valence-corrected chi connectivity index (χ0v) is 10.0. The van der Waals surface area contributed by atoms with Gasteiger partial charge in [0, 0.05) is 31.1 Å². The van der Waals surface area contributed by atoms with Crippen LogP contribution in [0.15, 0.2) is 18.2 Å². The Morgan fingerprint density at radius 2 is 2.06 bits per heavy atom. The highest BCUT2D eigenvalue weighted by atomic mass is 19.1. The third kappa shape index (κ3) is 3.38. The van der Waals surface area contributed by atoms with E-state index in [2.05, 4.69) is 18.7 Å². The quantitative estimate of drug-likeness (QED) is 0.783. The fourth-order valence-electron chi connectivity index (χ4n) is 1.64. The SMILES string of the molecule is COCCN(c1cc(N)cc(F)c1)C(C)C. The Hall–Kier alpha value is -1.29. The van der Waals surface area contributed by atoms with Gasteiger partial charge in [0.05, 0.1) is 6.61 Å². The Labute approximate surface area is 96.0 Å². The number of hydrogen-bond acceptors (Lipinski definition) is 3. The number of ether oxygens (including phenoxy) is 1. The average molecular weight is 226 g/mol. The predicted octanol–water partition coefficient (Wildman–Crippen LogP) is 2.27. The molecule has 2 N–H and O–H groups in total. The van der Waals surface area contributed by atoms with Crippen molar-refractivity contribution in [3.63, 3.8) is 0 Å². The lowest BCUT2D eigenvalue weighted by Gasteiger charge is -2.29. The van der Waals surface area contributed by atoms with Crippen molar-refractivity contribution in [2.75, 3.05) is 30.9 Å². The molecule has 0 fully saturated rings. The molecule has 0 aliphatic rings. The summed E-state index contributed by atoms with van der Waals surface area (Å²) in [7, 11) is 1.65. The molecule has 3 nitrogen and oxygen atoms in total. The van der Waals surface area contributed by atoms with E-state index in [1.54, 1.807) is 13.2 Å². The van der Waals surface area contributed by atoms with E-state index >= 15 is 0 Å². The molecule has 1 rings (SSSR count). The van der Waals surface area contributed by atoms with E-state index < -0.39 is 0 Å². The molecule has 0 radical (unpaired) electrons. The molecule has 0 spiro atoms. The van der Waals surface area contributed by atoms with Gasteiger partial charge in [0.2, 0.25) is 0 Å². The molecule has 16 heavy (non-hydrogen) atoms. The lowest BCUT2D eigenvalue weighted by Crippen LogP contribution is -2.33. The van der Waals surface area contributed by atoms with Gasteiger partial charge in [-0.1, -0.05) is 0 Å². The molecular formula is C12H19FN2O. The molecule has 4 heteroatoms. The maximum atomic E-state index is 13.2. The van der Waals surface area contributed by atoms with Gasteiger partial charge in [-0.3, -0.25) is 0 Å². The topological polar surface area (TPSA) is 38.5 Å². The second kappa shape index (κ2) is 5.70. The number of nitrogens with zero attached hydrogens (tertiary/aromatic N) is 1. The maximum Gasteiger partial charge on any atom is 0.127 e. The molecule has 0 saturated heterocycles. The number of halogens is 1. The monoisotopic (exact) mass is 226 g/mol. The molecule has 0 aliphatic carbocycles. The van der Waals surface area contributed by atoms with Crippen LogP contribution < -0.4 is 10.6 Å². The lowest BCUT2D eigenvalue weighted by molar-refractivity contribution is 0.204. The summed E-state index contributed by atoms with van der Waals surface area (Å²) in [5.41, 5.74) is 6.87. The Kier molecular flexibility index (Phi) is 4.55. The van der Waals surface area contributed by atoms with Crippen molar-refractivity contribution in [1.82, 2.24) is 0 Å². The van der Waals surface area contributed by atoms with Crippen molar-refractivity contribution in [3.8, 4) is 0 Å². The molecule has 0 heterocycles. The van der Waals surface area contributed by atoms with Crippen molar-refractivity contribution < 1.29 is 9.13 Å². The van der Waals surface area contributed by atoms with E-state index in [1.807, 2.05) is 0 Å². The van der Waals surface area contributed by atoms with Gasteiger partial charge < -0.3 is 15.4 Å². The predicted molar refractivity (Wildman–Crippen MR) is 65.2 cm³/mol. The first-order chi connectivity index (χ1) is 7.54. The van der Waals surface area contributed by atoms with E-state index in [9.17, 15) is 4.39 Å². The zero-order chi connectivity index (χ0) is 12.1. The summed E-state index contributed by atoms with van der Waals surface area (Å²) in [6.45, 7) is 5.43. The minimum Gasteiger partial charge on any atom is -0.399 e. The molecule has 0 aliphatic heterocycles. The fourth-order valence-corrected chi connectivity index (χ4v) is 1.64. The van der Waals surface area contributed by atoms with E-state index in [0.29, 0.717) is 12.3 Å². The number of nitrogen functional groups attached to an aromatic ring is 1. The summed E-state index contributed by atoms with van der Waals surface area (Å²) in [5.74, 6) is -0.307. The molecule has 0 amide bonds. The zero-order valence-electron chi connectivity index (χ0n) is 10.0. The number of rotatable bonds is 5. The number of anilines is 2. The van der Waals surface area contributed by atoms with E-state index in [1.165, 1.54) is 12.1 Å². The molecule has 0 aromatic heterocycles. The van der Waals surface area contributed by atoms with Crippen LogP contribution in [0.3, 0.4) is 0 Å². The van der Waals surface area contributed by atoms with Crippen molar-refractivity contribution in [2.45, 2.75) is 19.9 Å². The van der Waals surface area contributed by atoms with Crippen LogP contribution in [0.4, 0.5) is 15.8 Å². The third-order valence-corrected chi connectivity index (χ3v) is 2.40. The second-order valence-electron chi connectivity index (χ2n) is 4.02. The first kappa shape index (κ1) is 12.8. The molecule has 90 valence electrons. The van der Waals surface area contributed by atoms with Gasteiger partial charge in [-0.15, -0.1) is 0 Å². The lowest BCUT2D eigenvalue weighted by atomic mass is 10.2. The first-order valence-corrected chi connectivity index (χ1v) is 5.36. The van der Waals surface area contributed by atoms with Crippen LogP contribution in [0.2, 0.25) is 0 Å². The summed E-state index contributed by atoms with van der Waals surface area (Å²) in [5, 5.41) is 0. The second-order valence-corrected chi connectivity index (χ2v) is 4.02. The normalized spacial score (nSPS) is 10.8. The summed E-state index contributed by atoms with van der Waals surface area (Å²) in [6, 6.07) is 4.86. The minimum atomic E-state index is -0.307. The van der Waals surface area contributed by atoms with Crippen LogP contribution in [-0.2, 0) is 4.74 Å². The number of hydrogen-bond donors (Lipinski definition) is 1. The van der Waals surface area contributed by atoms with Gasteiger partial charge in [-0.05, 0) is 32.0 Å². The average Bonchev–Trinajstić information content (AvgIpc) is 2.16. The smallest absolute Gasteiger partial charge is 0.127 e. The summed E-state index contributed by atoms with van der Waals surface area (Å²) >= 11 is 0. The molecule has 1 aromatic carbocycles. The highest BCUT2D eigenvalue weighted by Crippen LogP contribution is 2.21. The van der Waals surface area contributed by atoms with Gasteiger partial charge in [0.25, 0.3) is 0 Å². The van der Waals surface area contributed by atoms with Gasteiger partial charge in [-0.25, -0.2) is 4.39 Å². The van der Waals surface area contributed by atoms with E-state index in [4.69, 9.17) is 10.5 Å². The molecule has 0 atom stereocenters. The summed E-state index contributed by atoms with van der Waals surface area (Å²) < 4.78 is 18.3. The first-order valence-electron chi connectivity index (χ1n) is 5.36. The van der Waals surface area contributed by atoms with E-state index in [0.717, 1.165) is 12.2 Å². The number of methoxy groups -OCH3 is 1. The van der Waals surface area contributed by atoms with Gasteiger partial charge in [0.1, 0.15) is 5.82 Å². The number of benzene rings is 1. The molecule has 0 bridgehead atoms. The highest BCUT2D eigenvalue weighted by molar-refractivity contribution is 5.56. The van der Waals surface area contributed by atoms with Gasteiger partial charge >= 0.3 is 0 Å². The minimum absolute atomic E-state index is 0.274. The van der Waals surface area contributed by atoms with Crippen LogP contribution in [0.25, 0.3) is 0 Å². The van der Waals surface area contributed by atoms with Crippen LogP contribution in [-0.4, -0.2) is 26.3 Å². The Morgan fingerprint density at radius 1 is 1.38 bits per heavy atom. The Morgan fingerprint density at radius 3 is 2.56 bits per heavy atom. The Balaban J connectivity index is 2.91. The fraction of sp³-hybridized carbons (Fsp3) is 0.500. The van der Waals surface area contributed by atoms with Crippen LogP contribution in [0.1, 0.15) is 13.8 Å². The van der Waals surface area contributed by atoms with Crippen molar-refractivity contribution in [3.05, 3.63) is 24.0 Å². The van der Waals surface area contributed by atoms with E-state index in [-0.39, 0.29) is 11.9 Å². The van der Waals surface area contributed by atoms with Crippen LogP contribution in [0, 0.1) is 5.82 Å². The summed E-state index contributed by atoms with van der Waals surface area (Å²) in [6.07, 6.45) is 0. The standard InChI is InChI=1S/C12H19FN2O/c1-9(2)15(4-5-16-3)12-7-10(13)6-11(14)8-12/h6-9H,4-5,14H2,1-3H3. The molecule has 0 saturated carbocycles. The van der Waals surface area contributed by atoms with Gasteiger partial charge in [-0.2, -0.15) is 0 Å². The largest absolute Gasteiger partial charge is 0.399 e. The van der Waals surface area contributed by atoms with Crippen molar-refractivity contribution in [1.29, 1.82) is 0 Å². The highest BCUT2D eigenvalue weighted by Gasteiger charge is 2.11. The maximum absolute atomic E-state index is 13.2. The van der Waals surface area contributed by atoms with Crippen LogP contribution in [0.5, 0.6) is 0 Å². The molecule has 1 aromatic rings.